The van der Waals surface area contributed by atoms with Gasteiger partial charge >= 0.3 is 0 Å². The van der Waals surface area contributed by atoms with Gasteiger partial charge in [0.15, 0.2) is 5.11 Å². The normalized spacial score (nSPS) is 10.8. The lowest BCUT2D eigenvalue weighted by atomic mass is 10.2. The first-order valence-electron chi connectivity index (χ1n) is 8.82. The summed E-state index contributed by atoms with van der Waals surface area (Å²) in [6.45, 7) is 7.93. The number of hydrogen-bond acceptors (Lipinski definition) is 3. The first-order valence-corrected chi connectivity index (χ1v) is 9.22. The molecule has 2 heterocycles. The van der Waals surface area contributed by atoms with E-state index in [4.69, 9.17) is 12.2 Å². The van der Waals surface area contributed by atoms with Gasteiger partial charge in [0.2, 0.25) is 0 Å². The molecular formula is C19H23FN6S. The largest absolute Gasteiger partial charge is 0.357 e. The maximum atomic E-state index is 13.1. The fourth-order valence-corrected chi connectivity index (χ4v) is 2.97. The highest BCUT2D eigenvalue weighted by Gasteiger charge is 2.13. The molecule has 0 saturated heterocycles. The second-order valence-corrected chi connectivity index (χ2v) is 6.71. The molecule has 0 aliphatic carbocycles. The van der Waals surface area contributed by atoms with Crippen LogP contribution in [-0.4, -0.2) is 24.7 Å². The summed E-state index contributed by atoms with van der Waals surface area (Å²) in [5.74, 6) is -0.241. The molecule has 2 N–H and O–H groups in total. The van der Waals surface area contributed by atoms with Crippen LogP contribution in [0.2, 0.25) is 0 Å². The number of anilines is 1. The highest BCUT2D eigenvalue weighted by atomic mass is 32.1. The Labute approximate surface area is 163 Å². The number of aromatic nitrogens is 4. The van der Waals surface area contributed by atoms with Crippen LogP contribution in [0.4, 0.5) is 10.1 Å². The van der Waals surface area contributed by atoms with Crippen LogP contribution in [0, 0.1) is 19.7 Å². The molecule has 6 nitrogen and oxygen atoms in total. The Hall–Kier alpha value is -2.74. The summed E-state index contributed by atoms with van der Waals surface area (Å²) in [5.41, 5.74) is 4.63. The van der Waals surface area contributed by atoms with Crippen molar-refractivity contribution in [3.05, 3.63) is 65.0 Å². The van der Waals surface area contributed by atoms with Crippen LogP contribution in [0.25, 0.3) is 0 Å². The van der Waals surface area contributed by atoms with Crippen LogP contribution in [0.3, 0.4) is 0 Å². The van der Waals surface area contributed by atoms with Crippen molar-refractivity contribution in [1.82, 2.24) is 24.9 Å². The molecule has 3 aromatic rings. The lowest BCUT2D eigenvalue weighted by molar-refractivity contribution is 0.622. The zero-order valence-corrected chi connectivity index (χ0v) is 16.5. The van der Waals surface area contributed by atoms with E-state index in [-0.39, 0.29) is 5.82 Å². The van der Waals surface area contributed by atoms with Gasteiger partial charge in [0.25, 0.3) is 0 Å². The number of hydrogen-bond donors (Lipinski definition) is 2. The topological polar surface area (TPSA) is 59.7 Å². The van der Waals surface area contributed by atoms with Gasteiger partial charge in [0, 0.05) is 12.7 Å². The van der Waals surface area contributed by atoms with Crippen molar-refractivity contribution in [2.75, 3.05) is 5.32 Å². The van der Waals surface area contributed by atoms with E-state index in [0.29, 0.717) is 18.2 Å². The maximum Gasteiger partial charge on any atom is 0.171 e. The van der Waals surface area contributed by atoms with Gasteiger partial charge in [-0.1, -0.05) is 12.1 Å². The molecule has 0 atom stereocenters. The second kappa shape index (κ2) is 8.30. The van der Waals surface area contributed by atoms with Crippen LogP contribution in [0.15, 0.2) is 36.5 Å². The Morgan fingerprint density at radius 2 is 1.89 bits per heavy atom. The highest BCUT2D eigenvalue weighted by molar-refractivity contribution is 7.80. The van der Waals surface area contributed by atoms with Gasteiger partial charge in [-0.15, -0.1) is 0 Å². The molecular weight excluding hydrogens is 363 g/mol. The number of nitrogens with one attached hydrogen (secondary N) is 2. The number of thiocarbonyl (C=S) groups is 1. The summed E-state index contributed by atoms with van der Waals surface area (Å²) < 4.78 is 16.8. The Kier molecular flexibility index (Phi) is 5.85. The van der Waals surface area contributed by atoms with Crippen LogP contribution >= 0.6 is 12.2 Å². The van der Waals surface area contributed by atoms with Crippen molar-refractivity contribution in [2.24, 2.45) is 0 Å². The van der Waals surface area contributed by atoms with Crippen molar-refractivity contribution in [3.63, 3.8) is 0 Å². The zero-order chi connectivity index (χ0) is 19.4. The molecule has 0 spiro atoms. The van der Waals surface area contributed by atoms with E-state index in [0.717, 1.165) is 34.9 Å². The van der Waals surface area contributed by atoms with Crippen LogP contribution in [0.1, 0.15) is 29.6 Å². The fraction of sp³-hybridized carbons (Fsp3) is 0.316. The minimum Gasteiger partial charge on any atom is -0.357 e. The van der Waals surface area contributed by atoms with Gasteiger partial charge in [-0.05, 0) is 56.8 Å². The molecule has 8 heteroatoms. The third-order valence-corrected chi connectivity index (χ3v) is 4.56. The molecule has 1 aromatic carbocycles. The van der Waals surface area contributed by atoms with E-state index in [1.54, 1.807) is 12.1 Å². The quantitative estimate of drug-likeness (QED) is 0.636. The van der Waals surface area contributed by atoms with E-state index < -0.39 is 0 Å². The van der Waals surface area contributed by atoms with E-state index in [2.05, 4.69) is 20.8 Å². The lowest BCUT2D eigenvalue weighted by Crippen LogP contribution is -2.28. The minimum absolute atomic E-state index is 0.241. The van der Waals surface area contributed by atoms with E-state index in [9.17, 15) is 4.39 Å². The monoisotopic (exact) mass is 386 g/mol. The van der Waals surface area contributed by atoms with E-state index in [1.165, 1.54) is 12.1 Å². The Bertz CT molecular complexity index is 928. The smallest absolute Gasteiger partial charge is 0.171 e. The number of halogens is 1. The SMILES string of the molecule is CCn1ccc(CNC(=S)Nc2c(C)nn(Cc3ccc(F)cc3)c2C)n1. The highest BCUT2D eigenvalue weighted by Crippen LogP contribution is 2.20. The van der Waals surface area contributed by atoms with Crippen LogP contribution < -0.4 is 10.6 Å². The molecule has 0 radical (unpaired) electrons. The zero-order valence-electron chi connectivity index (χ0n) is 15.7. The molecule has 0 saturated carbocycles. The summed E-state index contributed by atoms with van der Waals surface area (Å²) in [4.78, 5) is 0. The van der Waals surface area contributed by atoms with Crippen molar-refractivity contribution in [1.29, 1.82) is 0 Å². The Morgan fingerprint density at radius 3 is 2.56 bits per heavy atom. The van der Waals surface area contributed by atoms with Gasteiger partial charge in [-0.25, -0.2) is 4.39 Å². The first-order chi connectivity index (χ1) is 13.0. The van der Waals surface area contributed by atoms with Gasteiger partial charge in [0.1, 0.15) is 5.82 Å². The molecule has 0 aliphatic heterocycles. The first kappa shape index (κ1) is 19.0. The number of rotatable bonds is 6. The van der Waals surface area contributed by atoms with Crippen molar-refractivity contribution in [2.45, 2.75) is 40.4 Å². The average molecular weight is 387 g/mol. The number of aryl methyl sites for hydroxylation is 2. The lowest BCUT2D eigenvalue weighted by Gasteiger charge is -2.10. The molecule has 0 bridgehead atoms. The maximum absolute atomic E-state index is 13.1. The molecule has 0 unspecified atom stereocenters. The molecule has 0 fully saturated rings. The molecule has 27 heavy (non-hydrogen) atoms. The third kappa shape index (κ3) is 4.71. The van der Waals surface area contributed by atoms with E-state index >= 15 is 0 Å². The van der Waals surface area contributed by atoms with Crippen LogP contribution in [-0.2, 0) is 19.6 Å². The van der Waals surface area contributed by atoms with Crippen LogP contribution in [0.5, 0.6) is 0 Å². The van der Waals surface area contributed by atoms with Crippen molar-refractivity contribution in [3.8, 4) is 0 Å². The third-order valence-electron chi connectivity index (χ3n) is 4.32. The summed E-state index contributed by atoms with van der Waals surface area (Å²) >= 11 is 5.41. The van der Waals surface area contributed by atoms with Crippen molar-refractivity contribution >= 4 is 23.0 Å². The van der Waals surface area contributed by atoms with Crippen molar-refractivity contribution < 1.29 is 4.39 Å². The molecule has 0 aliphatic rings. The molecule has 0 amide bonds. The fourth-order valence-electron chi connectivity index (χ4n) is 2.80. The summed E-state index contributed by atoms with van der Waals surface area (Å²) in [6, 6.07) is 8.41. The second-order valence-electron chi connectivity index (χ2n) is 6.30. The van der Waals surface area contributed by atoms with Gasteiger partial charge < -0.3 is 10.6 Å². The summed E-state index contributed by atoms with van der Waals surface area (Å²) in [7, 11) is 0. The molecule has 2 aromatic heterocycles. The minimum atomic E-state index is -0.241. The summed E-state index contributed by atoms with van der Waals surface area (Å²) in [5, 5.41) is 15.9. The molecule has 142 valence electrons. The number of benzene rings is 1. The van der Waals surface area contributed by atoms with Gasteiger partial charge in [-0.3, -0.25) is 9.36 Å². The average Bonchev–Trinajstić information content (AvgIpc) is 3.22. The molecule has 3 rings (SSSR count). The predicted octanol–water partition coefficient (Wildman–Crippen LogP) is 3.39. The Morgan fingerprint density at radius 1 is 1.15 bits per heavy atom. The standard InChI is InChI=1S/C19H23FN6S/c1-4-25-10-9-17(24-25)11-21-19(27)22-18-13(2)23-26(14(18)3)12-15-5-7-16(20)8-6-15/h5-10H,4,11-12H2,1-3H3,(H2,21,22,27). The summed E-state index contributed by atoms with van der Waals surface area (Å²) in [6.07, 6.45) is 1.95. The van der Waals surface area contributed by atoms with E-state index in [1.807, 2.05) is 42.4 Å². The van der Waals surface area contributed by atoms with Gasteiger partial charge in [-0.2, -0.15) is 10.2 Å². The Balaban J connectivity index is 1.63. The van der Waals surface area contributed by atoms with Gasteiger partial charge in [0.05, 0.1) is 35.9 Å². The number of nitrogens with zero attached hydrogens (tertiary/aromatic N) is 4. The predicted molar refractivity (Wildman–Crippen MR) is 108 cm³/mol.